The Hall–Kier alpha value is -1.11. The number of Topliss-reactive ketones (excluding diaryl/α,β-unsaturated/α-hetero) is 1. The number of fused-ring (bicyclic) bond motifs is 1. The molecular weight excluding hydrogens is 196 g/mol. The van der Waals surface area contributed by atoms with Gasteiger partial charge in [-0.05, 0) is 37.7 Å². The second kappa shape index (κ2) is 3.73. The van der Waals surface area contributed by atoms with Gasteiger partial charge in [0.15, 0.2) is 5.78 Å². The molecule has 16 heavy (non-hydrogen) atoms. The number of rotatable bonds is 2. The van der Waals surface area contributed by atoms with Crippen molar-refractivity contribution in [2.24, 2.45) is 17.8 Å². The van der Waals surface area contributed by atoms with Crippen LogP contribution in [0, 0.1) is 24.7 Å². The molecule has 1 nitrogen and oxygen atoms in total. The van der Waals surface area contributed by atoms with Crippen molar-refractivity contribution >= 4 is 5.78 Å². The molecule has 1 aromatic rings. The van der Waals surface area contributed by atoms with Crippen LogP contribution < -0.4 is 0 Å². The van der Waals surface area contributed by atoms with Crippen molar-refractivity contribution in [3.63, 3.8) is 0 Å². The molecule has 0 spiro atoms. The minimum Gasteiger partial charge on any atom is -0.294 e. The zero-order chi connectivity index (χ0) is 11.1. The van der Waals surface area contributed by atoms with E-state index in [1.807, 2.05) is 18.2 Å². The average Bonchev–Trinajstić information content (AvgIpc) is 3.02. The summed E-state index contributed by atoms with van der Waals surface area (Å²) in [6.45, 7) is 2.05. The Morgan fingerprint density at radius 3 is 2.50 bits per heavy atom. The Morgan fingerprint density at radius 1 is 1.19 bits per heavy atom. The lowest BCUT2D eigenvalue weighted by Gasteiger charge is -2.04. The highest BCUT2D eigenvalue weighted by Crippen LogP contribution is 2.56. The van der Waals surface area contributed by atoms with Crippen LogP contribution in [0.1, 0.15) is 41.6 Å². The predicted molar refractivity (Wildman–Crippen MR) is 64.4 cm³/mol. The third-order valence-corrected chi connectivity index (χ3v) is 4.26. The summed E-state index contributed by atoms with van der Waals surface area (Å²) in [4.78, 5) is 12.3. The number of aryl methyl sites for hydroxylation is 1. The summed E-state index contributed by atoms with van der Waals surface area (Å²) in [7, 11) is 0. The van der Waals surface area contributed by atoms with Gasteiger partial charge in [-0.1, -0.05) is 36.6 Å². The van der Waals surface area contributed by atoms with E-state index < -0.39 is 0 Å². The normalized spacial score (nSPS) is 31.9. The van der Waals surface area contributed by atoms with Gasteiger partial charge in [0.05, 0.1) is 0 Å². The maximum Gasteiger partial charge on any atom is 0.166 e. The van der Waals surface area contributed by atoms with E-state index >= 15 is 0 Å². The van der Waals surface area contributed by atoms with E-state index in [0.29, 0.717) is 11.7 Å². The monoisotopic (exact) mass is 214 g/mol. The molecule has 0 saturated heterocycles. The highest BCUT2D eigenvalue weighted by molar-refractivity contribution is 6.00. The summed E-state index contributed by atoms with van der Waals surface area (Å²) in [6.07, 6.45) is 5.23. The second-order valence-electron chi connectivity index (χ2n) is 5.37. The van der Waals surface area contributed by atoms with Crippen LogP contribution in [0.5, 0.6) is 0 Å². The van der Waals surface area contributed by atoms with Crippen LogP contribution in [0.4, 0.5) is 0 Å². The van der Waals surface area contributed by atoms with Crippen molar-refractivity contribution in [1.29, 1.82) is 0 Å². The number of benzene rings is 1. The summed E-state index contributed by atoms with van der Waals surface area (Å²) < 4.78 is 0. The van der Waals surface area contributed by atoms with Gasteiger partial charge in [-0.25, -0.2) is 0 Å². The van der Waals surface area contributed by atoms with Crippen LogP contribution in [0.3, 0.4) is 0 Å². The summed E-state index contributed by atoms with van der Waals surface area (Å²) in [5.41, 5.74) is 2.12. The molecule has 2 atom stereocenters. The molecule has 0 heterocycles. The molecule has 1 aromatic carbocycles. The molecule has 2 aliphatic rings. The molecule has 2 saturated carbocycles. The summed E-state index contributed by atoms with van der Waals surface area (Å²) in [5, 5.41) is 0. The highest BCUT2D eigenvalue weighted by atomic mass is 16.1. The maximum atomic E-state index is 12.3. The van der Waals surface area contributed by atoms with Gasteiger partial charge in [0.2, 0.25) is 0 Å². The molecule has 0 aliphatic heterocycles. The average molecular weight is 214 g/mol. The molecule has 2 aliphatic carbocycles. The van der Waals surface area contributed by atoms with Crippen LogP contribution in [0.2, 0.25) is 0 Å². The molecule has 0 radical (unpaired) electrons. The molecule has 2 unspecified atom stereocenters. The van der Waals surface area contributed by atoms with Crippen molar-refractivity contribution in [1.82, 2.24) is 0 Å². The Kier molecular flexibility index (Phi) is 2.34. The van der Waals surface area contributed by atoms with Crippen LogP contribution >= 0.6 is 0 Å². The largest absolute Gasteiger partial charge is 0.294 e. The van der Waals surface area contributed by atoms with Gasteiger partial charge in [-0.15, -0.1) is 0 Å². The number of ketones is 1. The smallest absolute Gasteiger partial charge is 0.166 e. The predicted octanol–water partition coefficient (Wildman–Crippen LogP) is 3.61. The molecule has 0 amide bonds. The lowest BCUT2D eigenvalue weighted by atomic mass is 10.0. The minimum absolute atomic E-state index is 0.365. The van der Waals surface area contributed by atoms with Crippen LogP contribution in [0.15, 0.2) is 24.3 Å². The summed E-state index contributed by atoms with van der Waals surface area (Å²) >= 11 is 0. The molecule has 2 fully saturated rings. The highest BCUT2D eigenvalue weighted by Gasteiger charge is 2.54. The topological polar surface area (TPSA) is 17.1 Å². The number of carbonyl (C=O) groups is 1. The van der Waals surface area contributed by atoms with Crippen LogP contribution in [0.25, 0.3) is 0 Å². The molecule has 0 bridgehead atoms. The molecule has 3 rings (SSSR count). The Morgan fingerprint density at radius 2 is 1.88 bits per heavy atom. The van der Waals surface area contributed by atoms with E-state index in [4.69, 9.17) is 0 Å². The Bertz CT molecular complexity index is 409. The fourth-order valence-corrected chi connectivity index (χ4v) is 3.37. The third-order valence-electron chi connectivity index (χ3n) is 4.26. The zero-order valence-electron chi connectivity index (χ0n) is 9.78. The van der Waals surface area contributed by atoms with Crippen molar-refractivity contribution in [2.75, 3.05) is 0 Å². The molecule has 0 aromatic heterocycles. The zero-order valence-corrected chi connectivity index (χ0v) is 9.78. The van der Waals surface area contributed by atoms with Gasteiger partial charge in [-0.2, -0.15) is 0 Å². The lowest BCUT2D eigenvalue weighted by Crippen LogP contribution is -2.04. The molecule has 0 N–H and O–H groups in total. The minimum atomic E-state index is 0.365. The SMILES string of the molecule is Cc1cccc(C(=O)C2C3CCCCC32)c1. The van der Waals surface area contributed by atoms with E-state index in [1.54, 1.807) is 0 Å². The fraction of sp³-hybridized carbons (Fsp3) is 0.533. The molecule has 1 heteroatoms. The first-order chi connectivity index (χ1) is 7.77. The van der Waals surface area contributed by atoms with E-state index in [2.05, 4.69) is 13.0 Å². The van der Waals surface area contributed by atoms with Crippen molar-refractivity contribution in [3.05, 3.63) is 35.4 Å². The molecule has 84 valence electrons. The first-order valence-corrected chi connectivity index (χ1v) is 6.38. The second-order valence-corrected chi connectivity index (χ2v) is 5.37. The van der Waals surface area contributed by atoms with Gasteiger partial charge >= 0.3 is 0 Å². The van der Waals surface area contributed by atoms with Gasteiger partial charge < -0.3 is 0 Å². The van der Waals surface area contributed by atoms with Gasteiger partial charge in [0.1, 0.15) is 0 Å². The van der Waals surface area contributed by atoms with Gasteiger partial charge in [0, 0.05) is 11.5 Å². The van der Waals surface area contributed by atoms with Gasteiger partial charge in [-0.3, -0.25) is 4.79 Å². The number of hydrogen-bond donors (Lipinski definition) is 0. The lowest BCUT2D eigenvalue weighted by molar-refractivity contribution is 0.0956. The first kappa shape index (κ1) is 10.1. The van der Waals surface area contributed by atoms with Crippen molar-refractivity contribution in [3.8, 4) is 0 Å². The first-order valence-electron chi connectivity index (χ1n) is 6.38. The van der Waals surface area contributed by atoms with Crippen molar-refractivity contribution < 1.29 is 4.79 Å². The summed E-state index contributed by atoms with van der Waals surface area (Å²) in [5.74, 6) is 2.22. The maximum absolute atomic E-state index is 12.3. The quantitative estimate of drug-likeness (QED) is 0.687. The number of carbonyl (C=O) groups excluding carboxylic acids is 1. The fourth-order valence-electron chi connectivity index (χ4n) is 3.37. The van der Waals surface area contributed by atoms with E-state index in [1.165, 1.54) is 31.2 Å². The van der Waals surface area contributed by atoms with Crippen molar-refractivity contribution in [2.45, 2.75) is 32.6 Å². The standard InChI is InChI=1S/C15H18O/c1-10-5-4-6-11(9-10)15(16)14-12-7-2-3-8-13(12)14/h4-6,9,12-14H,2-3,7-8H2,1H3. The summed E-state index contributed by atoms with van der Waals surface area (Å²) in [6, 6.07) is 8.05. The van der Waals surface area contributed by atoms with Gasteiger partial charge in [0.25, 0.3) is 0 Å². The molecular formula is C15H18O. The third kappa shape index (κ3) is 1.59. The van der Waals surface area contributed by atoms with E-state index in [9.17, 15) is 4.79 Å². The van der Waals surface area contributed by atoms with Crippen LogP contribution in [-0.4, -0.2) is 5.78 Å². The van der Waals surface area contributed by atoms with E-state index in [-0.39, 0.29) is 0 Å². The Labute approximate surface area is 96.9 Å². The van der Waals surface area contributed by atoms with E-state index in [0.717, 1.165) is 17.4 Å². The number of hydrogen-bond acceptors (Lipinski definition) is 1. The Balaban J connectivity index is 1.79. The van der Waals surface area contributed by atoms with Crippen LogP contribution in [-0.2, 0) is 0 Å².